The summed E-state index contributed by atoms with van der Waals surface area (Å²) in [6.45, 7) is 0.577. The molecule has 0 spiro atoms. The number of halogens is 1. The van der Waals surface area contributed by atoms with Crippen molar-refractivity contribution in [2.75, 3.05) is 19.1 Å². The van der Waals surface area contributed by atoms with E-state index >= 15 is 0 Å². The quantitative estimate of drug-likeness (QED) is 0.871. The minimum atomic E-state index is -0.398. The van der Waals surface area contributed by atoms with Crippen LogP contribution >= 0.6 is 27.7 Å². The van der Waals surface area contributed by atoms with Crippen LogP contribution < -0.4 is 5.73 Å². The number of thioether (sulfide) groups is 1. The zero-order valence-electron chi connectivity index (χ0n) is 10.7. The molecule has 1 rings (SSSR count). The number of amides is 1. The fourth-order valence-electron chi connectivity index (χ4n) is 1.61. The van der Waals surface area contributed by atoms with Crippen molar-refractivity contribution in [1.82, 2.24) is 4.90 Å². The highest BCUT2D eigenvalue weighted by molar-refractivity contribution is 9.10. The van der Waals surface area contributed by atoms with Gasteiger partial charge in [0.05, 0.1) is 6.04 Å². The molecular weight excluding hydrogens is 312 g/mol. The highest BCUT2D eigenvalue weighted by Gasteiger charge is 2.18. The van der Waals surface area contributed by atoms with E-state index in [0.717, 1.165) is 22.2 Å². The molecule has 0 aliphatic heterocycles. The molecule has 0 unspecified atom stereocenters. The van der Waals surface area contributed by atoms with Gasteiger partial charge in [-0.1, -0.05) is 34.1 Å². The Labute approximate surface area is 121 Å². The number of carbonyl (C=O) groups is 1. The number of hydrogen-bond donors (Lipinski definition) is 1. The summed E-state index contributed by atoms with van der Waals surface area (Å²) in [4.78, 5) is 13.7. The van der Waals surface area contributed by atoms with Crippen LogP contribution in [0.4, 0.5) is 0 Å². The van der Waals surface area contributed by atoms with E-state index in [1.165, 1.54) is 0 Å². The average molecular weight is 331 g/mol. The molecule has 3 nitrogen and oxygen atoms in total. The van der Waals surface area contributed by atoms with Crippen molar-refractivity contribution in [3.05, 3.63) is 34.3 Å². The second-order valence-corrected chi connectivity index (χ2v) is 6.01. The summed E-state index contributed by atoms with van der Waals surface area (Å²) < 4.78 is 1.02. The molecule has 5 heteroatoms. The Balaban J connectivity index is 2.57. The van der Waals surface area contributed by atoms with Crippen LogP contribution in [0, 0.1) is 0 Å². The number of carbonyl (C=O) groups excluding carboxylic acids is 1. The number of hydrogen-bond acceptors (Lipinski definition) is 3. The smallest absolute Gasteiger partial charge is 0.239 e. The monoisotopic (exact) mass is 330 g/mol. The van der Waals surface area contributed by atoms with Crippen LogP contribution in [0.1, 0.15) is 12.0 Å². The van der Waals surface area contributed by atoms with E-state index in [2.05, 4.69) is 15.9 Å². The first-order valence-corrected chi connectivity index (χ1v) is 7.98. The number of rotatable bonds is 6. The third kappa shape index (κ3) is 4.63. The topological polar surface area (TPSA) is 46.3 Å². The number of nitrogens with two attached hydrogens (primary N) is 1. The van der Waals surface area contributed by atoms with E-state index in [1.54, 1.807) is 23.7 Å². The molecule has 0 aliphatic carbocycles. The van der Waals surface area contributed by atoms with Crippen molar-refractivity contribution < 1.29 is 4.79 Å². The Morgan fingerprint density at radius 2 is 2.17 bits per heavy atom. The highest BCUT2D eigenvalue weighted by atomic mass is 79.9. The van der Waals surface area contributed by atoms with Gasteiger partial charge >= 0.3 is 0 Å². The first-order valence-electron chi connectivity index (χ1n) is 5.79. The Kier molecular flexibility index (Phi) is 6.75. The molecule has 1 aromatic rings. The van der Waals surface area contributed by atoms with Crippen LogP contribution in [-0.2, 0) is 11.3 Å². The second-order valence-electron chi connectivity index (χ2n) is 4.17. The molecule has 0 heterocycles. The lowest BCUT2D eigenvalue weighted by molar-refractivity contribution is -0.131. The molecule has 0 radical (unpaired) electrons. The summed E-state index contributed by atoms with van der Waals surface area (Å²) in [5.74, 6) is 0.912. The molecule has 1 aromatic carbocycles. The molecule has 2 N–H and O–H groups in total. The average Bonchev–Trinajstić information content (AvgIpc) is 2.37. The number of likely N-dealkylation sites (N-methyl/N-ethyl adjacent to an activating group) is 1. The molecule has 0 bridgehead atoms. The van der Waals surface area contributed by atoms with E-state index in [0.29, 0.717) is 6.54 Å². The maximum atomic E-state index is 12.0. The SMILES string of the molecule is CSCC[C@H](N)C(=O)N(C)Cc1ccccc1Br. The van der Waals surface area contributed by atoms with Crippen LogP contribution in [0.3, 0.4) is 0 Å². The lowest BCUT2D eigenvalue weighted by Gasteiger charge is -2.21. The van der Waals surface area contributed by atoms with Gasteiger partial charge in [0.25, 0.3) is 0 Å². The third-order valence-corrected chi connectivity index (χ3v) is 4.11. The Bertz CT molecular complexity index is 400. The second kappa shape index (κ2) is 7.81. The Morgan fingerprint density at radius 3 is 2.78 bits per heavy atom. The Hall–Kier alpha value is -0.520. The molecule has 1 amide bonds. The Morgan fingerprint density at radius 1 is 1.50 bits per heavy atom. The van der Waals surface area contributed by atoms with Crippen molar-refractivity contribution in [2.45, 2.75) is 19.0 Å². The van der Waals surface area contributed by atoms with Gasteiger partial charge in [-0.05, 0) is 30.1 Å². The van der Waals surface area contributed by atoms with E-state index < -0.39 is 6.04 Å². The first kappa shape index (κ1) is 15.5. The fourth-order valence-corrected chi connectivity index (χ4v) is 2.51. The largest absolute Gasteiger partial charge is 0.340 e. The molecule has 0 aromatic heterocycles. The van der Waals surface area contributed by atoms with Crippen LogP contribution in [0.25, 0.3) is 0 Å². The number of benzene rings is 1. The maximum Gasteiger partial charge on any atom is 0.239 e. The summed E-state index contributed by atoms with van der Waals surface area (Å²) in [6.07, 6.45) is 2.74. The van der Waals surface area contributed by atoms with E-state index in [9.17, 15) is 4.79 Å². The van der Waals surface area contributed by atoms with Crippen molar-refractivity contribution in [3.8, 4) is 0 Å². The molecule has 0 fully saturated rings. The normalized spacial score (nSPS) is 12.2. The first-order chi connectivity index (χ1) is 8.56. The van der Waals surface area contributed by atoms with Crippen LogP contribution in [0.2, 0.25) is 0 Å². The van der Waals surface area contributed by atoms with Crippen molar-refractivity contribution in [3.63, 3.8) is 0 Å². The van der Waals surface area contributed by atoms with Gasteiger partial charge in [0.15, 0.2) is 0 Å². The van der Waals surface area contributed by atoms with E-state index in [1.807, 2.05) is 30.5 Å². The summed E-state index contributed by atoms with van der Waals surface area (Å²) in [6, 6.07) is 7.50. The standard InChI is InChI=1S/C13H19BrN2OS/c1-16(13(17)12(15)7-8-18-2)9-10-5-3-4-6-11(10)14/h3-6,12H,7-9,15H2,1-2H3/t12-/m0/s1. The van der Waals surface area contributed by atoms with Gasteiger partial charge in [0, 0.05) is 18.1 Å². The fraction of sp³-hybridized carbons (Fsp3) is 0.462. The molecule has 1 atom stereocenters. The van der Waals surface area contributed by atoms with Crippen LogP contribution in [0.15, 0.2) is 28.7 Å². The third-order valence-electron chi connectivity index (χ3n) is 2.69. The minimum absolute atomic E-state index is 0.000182. The van der Waals surface area contributed by atoms with Gasteiger partial charge in [-0.25, -0.2) is 0 Å². The summed E-state index contributed by atoms with van der Waals surface area (Å²) in [5, 5.41) is 0. The summed E-state index contributed by atoms with van der Waals surface area (Å²) >= 11 is 5.19. The van der Waals surface area contributed by atoms with Gasteiger partial charge < -0.3 is 10.6 Å². The predicted molar refractivity (Wildman–Crippen MR) is 81.6 cm³/mol. The van der Waals surface area contributed by atoms with Gasteiger partial charge in [-0.15, -0.1) is 0 Å². The van der Waals surface area contributed by atoms with Crippen molar-refractivity contribution >= 4 is 33.6 Å². The van der Waals surface area contributed by atoms with E-state index in [-0.39, 0.29) is 5.91 Å². The van der Waals surface area contributed by atoms with Gasteiger partial charge in [0.1, 0.15) is 0 Å². The highest BCUT2D eigenvalue weighted by Crippen LogP contribution is 2.17. The van der Waals surface area contributed by atoms with Crippen LogP contribution in [0.5, 0.6) is 0 Å². The van der Waals surface area contributed by atoms with Crippen molar-refractivity contribution in [2.24, 2.45) is 5.73 Å². The summed E-state index contributed by atoms with van der Waals surface area (Å²) in [5.41, 5.74) is 6.97. The van der Waals surface area contributed by atoms with Crippen molar-refractivity contribution in [1.29, 1.82) is 0 Å². The summed E-state index contributed by atoms with van der Waals surface area (Å²) in [7, 11) is 1.79. The van der Waals surface area contributed by atoms with Crippen LogP contribution in [-0.4, -0.2) is 35.9 Å². The van der Waals surface area contributed by atoms with Gasteiger partial charge in [-0.3, -0.25) is 4.79 Å². The van der Waals surface area contributed by atoms with Gasteiger partial charge in [-0.2, -0.15) is 11.8 Å². The molecule has 0 saturated heterocycles. The minimum Gasteiger partial charge on any atom is -0.340 e. The zero-order valence-corrected chi connectivity index (χ0v) is 13.1. The predicted octanol–water partition coefficient (Wildman–Crippen LogP) is 2.49. The molecular formula is C13H19BrN2OS. The van der Waals surface area contributed by atoms with Gasteiger partial charge in [0.2, 0.25) is 5.91 Å². The molecule has 0 aliphatic rings. The zero-order chi connectivity index (χ0) is 13.5. The lowest BCUT2D eigenvalue weighted by Crippen LogP contribution is -2.41. The number of nitrogens with zero attached hydrogens (tertiary/aromatic N) is 1. The van der Waals surface area contributed by atoms with E-state index in [4.69, 9.17) is 5.73 Å². The molecule has 100 valence electrons. The maximum absolute atomic E-state index is 12.0. The molecule has 0 saturated carbocycles. The lowest BCUT2D eigenvalue weighted by atomic mass is 10.2. The molecule has 18 heavy (non-hydrogen) atoms.